The molecule has 1 saturated heterocycles. The van der Waals surface area contributed by atoms with Gasteiger partial charge in [-0.25, -0.2) is 4.98 Å². The average molecular weight is 363 g/mol. The van der Waals surface area contributed by atoms with Crippen molar-refractivity contribution in [1.29, 1.82) is 0 Å². The van der Waals surface area contributed by atoms with E-state index in [0.717, 1.165) is 10.7 Å². The van der Waals surface area contributed by atoms with E-state index in [1.807, 2.05) is 5.38 Å². The number of nitrogens with one attached hydrogen (secondary N) is 2. The molecule has 1 aromatic rings. The molecule has 1 atom stereocenters. The number of hydrogen-bond acceptors (Lipinski definition) is 4. The van der Waals surface area contributed by atoms with Crippen LogP contribution in [0.2, 0.25) is 0 Å². The van der Waals surface area contributed by atoms with E-state index in [0.29, 0.717) is 37.9 Å². The molecule has 2 N–H and O–H groups in total. The number of likely N-dealkylation sites (tertiary alicyclic amines) is 1. The second kappa shape index (κ2) is 8.15. The normalized spacial score (nSPS) is 20.0. The van der Waals surface area contributed by atoms with Crippen LogP contribution in [0, 0.1) is 0 Å². The van der Waals surface area contributed by atoms with Gasteiger partial charge in [0.05, 0.1) is 23.8 Å². The van der Waals surface area contributed by atoms with Gasteiger partial charge in [0.15, 0.2) is 5.96 Å². The SMILES string of the molecule is CN=C(NCc1csc(C(C)C)n1)NC1CCN(CC(F)(F)F)C1. The molecule has 0 aromatic carbocycles. The van der Waals surface area contributed by atoms with E-state index in [2.05, 4.69) is 34.5 Å². The first-order chi connectivity index (χ1) is 11.3. The minimum atomic E-state index is -4.15. The molecule has 0 bridgehead atoms. The smallest absolute Gasteiger partial charge is 0.352 e. The highest BCUT2D eigenvalue weighted by Gasteiger charge is 2.34. The number of guanidine groups is 1. The summed E-state index contributed by atoms with van der Waals surface area (Å²) >= 11 is 1.63. The summed E-state index contributed by atoms with van der Waals surface area (Å²) in [5, 5.41) is 9.46. The van der Waals surface area contributed by atoms with Crippen molar-refractivity contribution in [2.45, 2.75) is 44.9 Å². The summed E-state index contributed by atoms with van der Waals surface area (Å²) in [6.07, 6.45) is -3.47. The van der Waals surface area contributed by atoms with Crippen LogP contribution in [0.15, 0.2) is 10.4 Å². The summed E-state index contributed by atoms with van der Waals surface area (Å²) in [4.78, 5) is 10.1. The third kappa shape index (κ3) is 5.94. The molecule has 5 nitrogen and oxygen atoms in total. The molecule has 0 spiro atoms. The van der Waals surface area contributed by atoms with Crippen LogP contribution in [0.25, 0.3) is 0 Å². The second-order valence-corrected chi connectivity index (χ2v) is 7.13. The Bertz CT molecular complexity index is 556. The van der Waals surface area contributed by atoms with Gasteiger partial charge in [0, 0.05) is 37.5 Å². The molecule has 0 saturated carbocycles. The molecule has 2 rings (SSSR count). The summed E-state index contributed by atoms with van der Waals surface area (Å²) < 4.78 is 37.3. The third-order valence-corrected chi connectivity index (χ3v) is 4.93. The lowest BCUT2D eigenvalue weighted by Gasteiger charge is -2.19. The van der Waals surface area contributed by atoms with E-state index < -0.39 is 12.7 Å². The van der Waals surface area contributed by atoms with Gasteiger partial charge >= 0.3 is 6.18 Å². The number of thiazole rings is 1. The fourth-order valence-electron chi connectivity index (χ4n) is 2.58. The minimum absolute atomic E-state index is 0.0276. The number of halogens is 3. The number of nitrogens with zero attached hydrogens (tertiary/aromatic N) is 3. The number of hydrogen-bond donors (Lipinski definition) is 2. The average Bonchev–Trinajstić information content (AvgIpc) is 3.11. The lowest BCUT2D eigenvalue weighted by molar-refractivity contribution is -0.143. The Labute approximate surface area is 144 Å². The van der Waals surface area contributed by atoms with Crippen molar-refractivity contribution in [3.63, 3.8) is 0 Å². The molecular weight excluding hydrogens is 339 g/mol. The van der Waals surface area contributed by atoms with Gasteiger partial charge in [-0.05, 0) is 6.42 Å². The Morgan fingerprint density at radius 3 is 2.83 bits per heavy atom. The zero-order chi connectivity index (χ0) is 17.7. The zero-order valence-electron chi connectivity index (χ0n) is 14.2. The molecule has 24 heavy (non-hydrogen) atoms. The van der Waals surface area contributed by atoms with Crippen LogP contribution < -0.4 is 10.6 Å². The maximum atomic E-state index is 12.4. The van der Waals surface area contributed by atoms with Gasteiger partial charge in [-0.2, -0.15) is 13.2 Å². The van der Waals surface area contributed by atoms with Crippen molar-refractivity contribution >= 4 is 17.3 Å². The van der Waals surface area contributed by atoms with Gasteiger partial charge < -0.3 is 10.6 Å². The maximum absolute atomic E-state index is 12.4. The first-order valence-electron chi connectivity index (χ1n) is 7.97. The topological polar surface area (TPSA) is 52.6 Å². The molecule has 0 radical (unpaired) electrons. The highest BCUT2D eigenvalue weighted by atomic mass is 32.1. The highest BCUT2D eigenvalue weighted by molar-refractivity contribution is 7.09. The van der Waals surface area contributed by atoms with Crippen molar-refractivity contribution < 1.29 is 13.2 Å². The van der Waals surface area contributed by atoms with Crippen LogP contribution in [-0.4, -0.2) is 54.7 Å². The van der Waals surface area contributed by atoms with E-state index in [4.69, 9.17) is 0 Å². The van der Waals surface area contributed by atoms with Crippen LogP contribution in [0.4, 0.5) is 13.2 Å². The summed E-state index contributed by atoms with van der Waals surface area (Å²) in [6.45, 7) is 4.70. The quantitative estimate of drug-likeness (QED) is 0.624. The molecule has 1 fully saturated rings. The Morgan fingerprint density at radius 2 is 2.25 bits per heavy atom. The number of aromatic nitrogens is 1. The van der Waals surface area contributed by atoms with Crippen molar-refractivity contribution in [2.75, 3.05) is 26.7 Å². The van der Waals surface area contributed by atoms with Crippen LogP contribution >= 0.6 is 11.3 Å². The maximum Gasteiger partial charge on any atom is 0.401 e. The molecule has 0 aliphatic carbocycles. The lowest BCUT2D eigenvalue weighted by Crippen LogP contribution is -2.44. The van der Waals surface area contributed by atoms with Crippen molar-refractivity contribution in [2.24, 2.45) is 4.99 Å². The van der Waals surface area contributed by atoms with Crippen LogP contribution in [0.1, 0.15) is 36.9 Å². The van der Waals surface area contributed by atoms with E-state index in [9.17, 15) is 13.2 Å². The number of aliphatic imine (C=N–C) groups is 1. The summed E-state index contributed by atoms with van der Waals surface area (Å²) in [6, 6.07) is -0.0276. The van der Waals surface area contributed by atoms with Crippen molar-refractivity contribution in [3.8, 4) is 0 Å². The van der Waals surface area contributed by atoms with E-state index in [-0.39, 0.29) is 6.04 Å². The highest BCUT2D eigenvalue weighted by Crippen LogP contribution is 2.20. The number of rotatable bonds is 5. The zero-order valence-corrected chi connectivity index (χ0v) is 15.0. The summed E-state index contributed by atoms with van der Waals surface area (Å²) in [7, 11) is 1.65. The predicted octanol–water partition coefficient (Wildman–Crippen LogP) is 2.57. The monoisotopic (exact) mass is 363 g/mol. The first kappa shape index (κ1) is 19.0. The number of alkyl halides is 3. The van der Waals surface area contributed by atoms with E-state index in [1.54, 1.807) is 18.4 Å². The molecule has 136 valence electrons. The lowest BCUT2D eigenvalue weighted by atomic mass is 10.2. The third-order valence-electron chi connectivity index (χ3n) is 3.74. The molecular formula is C15H24F3N5S. The molecule has 1 aliphatic heterocycles. The van der Waals surface area contributed by atoms with Crippen LogP contribution in [0.5, 0.6) is 0 Å². The van der Waals surface area contributed by atoms with Gasteiger partial charge in [-0.3, -0.25) is 9.89 Å². The molecule has 1 unspecified atom stereocenters. The summed E-state index contributed by atoms with van der Waals surface area (Å²) in [5.41, 5.74) is 0.941. The van der Waals surface area contributed by atoms with Crippen LogP contribution in [-0.2, 0) is 6.54 Å². The second-order valence-electron chi connectivity index (χ2n) is 6.24. The first-order valence-corrected chi connectivity index (χ1v) is 8.85. The molecule has 0 amide bonds. The van der Waals surface area contributed by atoms with Gasteiger partial charge in [-0.15, -0.1) is 11.3 Å². The van der Waals surface area contributed by atoms with Gasteiger partial charge in [0.2, 0.25) is 0 Å². The van der Waals surface area contributed by atoms with Gasteiger partial charge in [0.1, 0.15) is 0 Å². The Morgan fingerprint density at radius 1 is 1.50 bits per heavy atom. The molecule has 9 heteroatoms. The van der Waals surface area contributed by atoms with Crippen molar-refractivity contribution in [3.05, 3.63) is 16.1 Å². The molecule has 2 heterocycles. The van der Waals surface area contributed by atoms with E-state index >= 15 is 0 Å². The van der Waals surface area contributed by atoms with Crippen LogP contribution in [0.3, 0.4) is 0 Å². The fraction of sp³-hybridized carbons (Fsp3) is 0.733. The standard InChI is InChI=1S/C15H24F3N5S/c1-10(2)13-21-12(8-24-13)6-20-14(19-3)22-11-4-5-23(7-11)9-15(16,17)18/h8,10-11H,4-7,9H2,1-3H3,(H2,19,20,22). The Kier molecular flexibility index (Phi) is 6.45. The minimum Gasteiger partial charge on any atom is -0.352 e. The largest absolute Gasteiger partial charge is 0.401 e. The fourth-order valence-corrected chi connectivity index (χ4v) is 3.41. The van der Waals surface area contributed by atoms with Gasteiger partial charge in [-0.1, -0.05) is 13.8 Å². The Balaban J connectivity index is 1.78. The molecule has 1 aromatic heterocycles. The Hall–Kier alpha value is -1.35. The predicted molar refractivity (Wildman–Crippen MR) is 90.4 cm³/mol. The molecule has 1 aliphatic rings. The van der Waals surface area contributed by atoms with Gasteiger partial charge in [0.25, 0.3) is 0 Å². The van der Waals surface area contributed by atoms with E-state index in [1.165, 1.54) is 4.90 Å². The van der Waals surface area contributed by atoms with Crippen molar-refractivity contribution in [1.82, 2.24) is 20.5 Å². The summed E-state index contributed by atoms with van der Waals surface area (Å²) in [5.74, 6) is 0.993.